The fourth-order valence-corrected chi connectivity index (χ4v) is 5.43. The molecule has 0 bridgehead atoms. The number of aromatic nitrogens is 3. The third-order valence-corrected chi connectivity index (χ3v) is 7.36. The van der Waals surface area contributed by atoms with Crippen LogP contribution < -0.4 is 10.2 Å². The maximum Gasteiger partial charge on any atom is 0.348 e. The van der Waals surface area contributed by atoms with E-state index in [0.29, 0.717) is 16.4 Å². The first kappa shape index (κ1) is 20.7. The number of nitrogens with zero attached hydrogens (tertiary/aromatic N) is 4. The van der Waals surface area contributed by atoms with E-state index in [1.807, 2.05) is 13.8 Å². The van der Waals surface area contributed by atoms with E-state index in [2.05, 4.69) is 25.2 Å². The molecule has 1 N–H and O–H groups in total. The molecule has 10 heteroatoms. The Morgan fingerprint density at radius 2 is 1.97 bits per heavy atom. The molecule has 4 rings (SSSR count). The number of aryl methyl sites for hydroxylation is 2. The SMILES string of the molecule is CCOC(=O)c1sc2ncnc(N3CCC(NC(=O)c4scnc4C)CC3)c2c1C. The molecule has 0 unspecified atom stereocenters. The largest absolute Gasteiger partial charge is 0.462 e. The Balaban J connectivity index is 1.49. The van der Waals surface area contributed by atoms with Crippen molar-refractivity contribution < 1.29 is 14.3 Å². The summed E-state index contributed by atoms with van der Waals surface area (Å²) in [6, 6.07) is 0.117. The minimum absolute atomic E-state index is 0.0503. The minimum atomic E-state index is -0.316. The fraction of sp³-hybridized carbons (Fsp3) is 0.450. The van der Waals surface area contributed by atoms with Crippen molar-refractivity contribution in [2.24, 2.45) is 0 Å². The number of esters is 1. The molecule has 1 saturated heterocycles. The van der Waals surface area contributed by atoms with Crippen LogP contribution in [0.3, 0.4) is 0 Å². The maximum atomic E-state index is 12.5. The van der Waals surface area contributed by atoms with Crippen LogP contribution in [0.5, 0.6) is 0 Å². The van der Waals surface area contributed by atoms with Crippen molar-refractivity contribution in [1.82, 2.24) is 20.3 Å². The second-order valence-electron chi connectivity index (χ2n) is 7.16. The normalized spacial score (nSPS) is 14.8. The number of amides is 1. The topological polar surface area (TPSA) is 97.3 Å². The smallest absolute Gasteiger partial charge is 0.348 e. The monoisotopic (exact) mass is 445 g/mol. The van der Waals surface area contributed by atoms with Crippen LogP contribution in [-0.2, 0) is 4.74 Å². The molecular weight excluding hydrogens is 422 g/mol. The first-order valence-electron chi connectivity index (χ1n) is 9.86. The number of ether oxygens (including phenoxy) is 1. The van der Waals surface area contributed by atoms with Crippen LogP contribution in [0.2, 0.25) is 0 Å². The van der Waals surface area contributed by atoms with Gasteiger partial charge in [0, 0.05) is 19.1 Å². The van der Waals surface area contributed by atoms with E-state index >= 15 is 0 Å². The van der Waals surface area contributed by atoms with Crippen molar-refractivity contribution in [2.75, 3.05) is 24.6 Å². The van der Waals surface area contributed by atoms with Gasteiger partial charge in [-0.05, 0) is 39.2 Å². The average Bonchev–Trinajstić information content (AvgIpc) is 3.32. The molecule has 8 nitrogen and oxygen atoms in total. The molecule has 1 fully saturated rings. The molecule has 0 spiro atoms. The zero-order valence-corrected chi connectivity index (χ0v) is 18.7. The highest BCUT2D eigenvalue weighted by Crippen LogP contribution is 2.36. The van der Waals surface area contributed by atoms with Crippen molar-refractivity contribution >= 4 is 50.6 Å². The number of hydrogen-bond donors (Lipinski definition) is 1. The minimum Gasteiger partial charge on any atom is -0.462 e. The molecule has 1 aliphatic heterocycles. The van der Waals surface area contributed by atoms with E-state index in [1.165, 1.54) is 22.7 Å². The van der Waals surface area contributed by atoms with Gasteiger partial charge < -0.3 is 15.0 Å². The maximum absolute atomic E-state index is 12.5. The summed E-state index contributed by atoms with van der Waals surface area (Å²) in [5, 5.41) is 4.04. The Morgan fingerprint density at radius 1 is 1.20 bits per heavy atom. The summed E-state index contributed by atoms with van der Waals surface area (Å²) in [6.07, 6.45) is 3.19. The highest BCUT2D eigenvalue weighted by molar-refractivity contribution is 7.20. The molecule has 158 valence electrons. The van der Waals surface area contributed by atoms with Crippen molar-refractivity contribution in [2.45, 2.75) is 39.7 Å². The fourth-order valence-electron chi connectivity index (χ4n) is 3.69. The summed E-state index contributed by atoms with van der Waals surface area (Å²) in [7, 11) is 0. The van der Waals surface area contributed by atoms with Gasteiger partial charge in [0.15, 0.2) is 0 Å². The van der Waals surface area contributed by atoms with Crippen LogP contribution in [0.1, 0.15) is 50.4 Å². The first-order chi connectivity index (χ1) is 14.5. The highest BCUT2D eigenvalue weighted by atomic mass is 32.1. The molecular formula is C20H23N5O3S2. The lowest BCUT2D eigenvalue weighted by molar-refractivity contribution is 0.0531. The molecule has 1 amide bonds. The second kappa shape index (κ2) is 8.65. The van der Waals surface area contributed by atoms with E-state index in [-0.39, 0.29) is 17.9 Å². The number of fused-ring (bicyclic) bond motifs is 1. The summed E-state index contributed by atoms with van der Waals surface area (Å²) in [4.78, 5) is 42.0. The van der Waals surface area contributed by atoms with Gasteiger partial charge in [0.1, 0.15) is 26.7 Å². The summed E-state index contributed by atoms with van der Waals surface area (Å²) in [6.45, 7) is 7.44. The summed E-state index contributed by atoms with van der Waals surface area (Å²) >= 11 is 2.71. The molecule has 1 aliphatic rings. The van der Waals surface area contributed by atoms with E-state index in [1.54, 1.807) is 18.8 Å². The summed E-state index contributed by atoms with van der Waals surface area (Å²) < 4.78 is 5.18. The van der Waals surface area contributed by atoms with Crippen molar-refractivity contribution in [1.29, 1.82) is 0 Å². The number of nitrogens with one attached hydrogen (secondary N) is 1. The molecule has 30 heavy (non-hydrogen) atoms. The quantitative estimate of drug-likeness (QED) is 0.602. The molecule has 0 radical (unpaired) electrons. The predicted octanol–water partition coefficient (Wildman–Crippen LogP) is 3.34. The number of carbonyl (C=O) groups is 2. The lowest BCUT2D eigenvalue weighted by Gasteiger charge is -2.33. The molecule has 0 atom stereocenters. The predicted molar refractivity (Wildman–Crippen MR) is 118 cm³/mol. The molecule has 4 heterocycles. The Labute approximate surface area is 182 Å². The van der Waals surface area contributed by atoms with Crippen molar-refractivity contribution in [3.8, 4) is 0 Å². The van der Waals surface area contributed by atoms with Crippen molar-refractivity contribution in [3.05, 3.63) is 32.8 Å². The Hall–Kier alpha value is -2.59. The summed E-state index contributed by atoms with van der Waals surface area (Å²) in [5.41, 5.74) is 3.32. The molecule has 0 aromatic carbocycles. The number of piperidine rings is 1. The van der Waals surface area contributed by atoms with Crippen LogP contribution in [-0.4, -0.2) is 52.6 Å². The Kier molecular flexibility index (Phi) is 5.96. The van der Waals surface area contributed by atoms with E-state index in [9.17, 15) is 9.59 Å². The lowest BCUT2D eigenvalue weighted by atomic mass is 10.0. The van der Waals surface area contributed by atoms with Crippen LogP contribution in [0.25, 0.3) is 10.2 Å². The van der Waals surface area contributed by atoms with Gasteiger partial charge in [-0.3, -0.25) is 4.79 Å². The van der Waals surface area contributed by atoms with E-state index in [4.69, 9.17) is 4.74 Å². The molecule has 3 aromatic rings. The summed E-state index contributed by atoms with van der Waals surface area (Å²) in [5.74, 6) is 0.474. The Bertz CT molecular complexity index is 1090. The van der Waals surface area contributed by atoms with Gasteiger partial charge >= 0.3 is 5.97 Å². The zero-order valence-electron chi connectivity index (χ0n) is 17.1. The number of carbonyl (C=O) groups excluding carboxylic acids is 2. The van der Waals surface area contributed by atoms with Gasteiger partial charge in [-0.2, -0.15) is 0 Å². The van der Waals surface area contributed by atoms with Crippen LogP contribution in [0, 0.1) is 13.8 Å². The van der Waals surface area contributed by atoms with Gasteiger partial charge in [0.2, 0.25) is 0 Å². The zero-order chi connectivity index (χ0) is 21.3. The average molecular weight is 446 g/mol. The third kappa shape index (κ3) is 3.89. The third-order valence-electron chi connectivity index (χ3n) is 5.25. The Morgan fingerprint density at radius 3 is 2.63 bits per heavy atom. The standard InChI is InChI=1S/C20H23N5O3S2/c1-4-28-20(27)15-11(2)14-17(21-9-22-19(14)30-15)25-7-5-13(6-8-25)24-18(26)16-12(3)23-10-29-16/h9-10,13H,4-8H2,1-3H3,(H,24,26). The van der Waals surface area contributed by atoms with Crippen molar-refractivity contribution in [3.63, 3.8) is 0 Å². The number of hydrogen-bond acceptors (Lipinski definition) is 9. The van der Waals surface area contributed by atoms with Gasteiger partial charge in [0.25, 0.3) is 5.91 Å². The molecule has 3 aromatic heterocycles. The van der Waals surface area contributed by atoms with Crippen LogP contribution >= 0.6 is 22.7 Å². The van der Waals surface area contributed by atoms with E-state index < -0.39 is 0 Å². The first-order valence-corrected chi connectivity index (χ1v) is 11.6. The van der Waals surface area contributed by atoms with Crippen LogP contribution in [0.15, 0.2) is 11.8 Å². The van der Waals surface area contributed by atoms with Crippen LogP contribution in [0.4, 0.5) is 5.82 Å². The van der Waals surface area contributed by atoms with Gasteiger partial charge in [-0.1, -0.05) is 0 Å². The molecule has 0 aliphatic carbocycles. The lowest BCUT2D eigenvalue weighted by Crippen LogP contribution is -2.45. The number of thiazole rings is 1. The molecule has 0 saturated carbocycles. The number of thiophene rings is 1. The van der Waals surface area contributed by atoms with Gasteiger partial charge in [0.05, 0.1) is 23.2 Å². The number of anilines is 1. The number of rotatable bonds is 5. The highest BCUT2D eigenvalue weighted by Gasteiger charge is 2.27. The van der Waals surface area contributed by atoms with Gasteiger partial charge in [-0.25, -0.2) is 19.7 Å². The van der Waals surface area contributed by atoms with E-state index in [0.717, 1.165) is 53.2 Å². The van der Waals surface area contributed by atoms with Gasteiger partial charge in [-0.15, -0.1) is 22.7 Å². The second-order valence-corrected chi connectivity index (χ2v) is 9.01.